The van der Waals surface area contributed by atoms with E-state index in [0.29, 0.717) is 6.42 Å². The smallest absolute Gasteiger partial charge is 0.303 e. The summed E-state index contributed by atoms with van der Waals surface area (Å²) in [6, 6.07) is 4.14. The first kappa shape index (κ1) is 15.5. The molecule has 0 fully saturated rings. The second-order valence-electron chi connectivity index (χ2n) is 7.01. The van der Waals surface area contributed by atoms with Gasteiger partial charge in [0.15, 0.2) is 11.5 Å². The highest BCUT2D eigenvalue weighted by molar-refractivity contribution is 5.66. The minimum atomic E-state index is -0.255. The van der Waals surface area contributed by atoms with Gasteiger partial charge in [0, 0.05) is 25.5 Å². The fourth-order valence-electron chi connectivity index (χ4n) is 4.37. The van der Waals surface area contributed by atoms with Gasteiger partial charge in [-0.05, 0) is 37.7 Å². The Labute approximate surface area is 142 Å². The molecule has 24 heavy (non-hydrogen) atoms. The van der Waals surface area contributed by atoms with Crippen LogP contribution in [0.25, 0.3) is 0 Å². The highest BCUT2D eigenvalue weighted by Gasteiger charge is 2.53. The number of ether oxygens (including phenoxy) is 3. The number of benzene rings is 1. The Bertz CT molecular complexity index is 714. The molecule has 2 aliphatic heterocycles. The third kappa shape index (κ3) is 2.22. The van der Waals surface area contributed by atoms with Gasteiger partial charge in [-0.25, -0.2) is 0 Å². The lowest BCUT2D eigenvalue weighted by molar-refractivity contribution is -0.145. The Morgan fingerprint density at radius 1 is 1.42 bits per heavy atom. The summed E-state index contributed by atoms with van der Waals surface area (Å²) in [5.74, 6) is 1.39. The number of hydrogen-bond donors (Lipinski definition) is 0. The van der Waals surface area contributed by atoms with Crippen molar-refractivity contribution in [3.63, 3.8) is 0 Å². The van der Waals surface area contributed by atoms with Gasteiger partial charge in [-0.15, -0.1) is 0 Å². The summed E-state index contributed by atoms with van der Waals surface area (Å²) in [6.07, 6.45) is 5.67. The Morgan fingerprint density at radius 2 is 2.25 bits per heavy atom. The monoisotopic (exact) mass is 329 g/mol. The molecule has 1 aliphatic carbocycles. The van der Waals surface area contributed by atoms with Crippen molar-refractivity contribution in [2.75, 3.05) is 20.7 Å². The Hall–Kier alpha value is -2.01. The Kier molecular flexibility index (Phi) is 3.57. The molecule has 4 rings (SSSR count). The van der Waals surface area contributed by atoms with Crippen molar-refractivity contribution < 1.29 is 19.0 Å². The predicted molar refractivity (Wildman–Crippen MR) is 89.4 cm³/mol. The third-order valence-electron chi connectivity index (χ3n) is 5.45. The van der Waals surface area contributed by atoms with Gasteiger partial charge in [0.2, 0.25) is 0 Å². The Balaban J connectivity index is 1.82. The van der Waals surface area contributed by atoms with Crippen LogP contribution in [-0.2, 0) is 21.5 Å². The highest BCUT2D eigenvalue weighted by Crippen LogP contribution is 2.55. The first-order valence-electron chi connectivity index (χ1n) is 8.45. The molecule has 0 N–H and O–H groups in total. The summed E-state index contributed by atoms with van der Waals surface area (Å²) in [6.45, 7) is 3.36. The molecule has 3 atom stereocenters. The van der Waals surface area contributed by atoms with Gasteiger partial charge in [0.05, 0.1) is 12.5 Å². The van der Waals surface area contributed by atoms with Crippen LogP contribution in [0.5, 0.6) is 11.5 Å². The topological polar surface area (TPSA) is 48.0 Å². The lowest BCUT2D eigenvalue weighted by Gasteiger charge is -2.36. The average Bonchev–Trinajstić information content (AvgIpc) is 2.80. The molecule has 0 saturated heterocycles. The SMILES string of the molecule is COc1ccc2c3c1O[C@H]1CC(OC(C)=O)C=C[C@@]31CCN(C)C2. The first-order chi connectivity index (χ1) is 11.5. The fraction of sp³-hybridized carbons (Fsp3) is 0.526. The van der Waals surface area contributed by atoms with E-state index in [-0.39, 0.29) is 23.6 Å². The van der Waals surface area contributed by atoms with E-state index in [1.54, 1.807) is 7.11 Å². The molecule has 1 aromatic rings. The van der Waals surface area contributed by atoms with Crippen LogP contribution in [0, 0.1) is 0 Å². The van der Waals surface area contributed by atoms with Crippen molar-refractivity contribution in [1.82, 2.24) is 4.90 Å². The molecule has 0 radical (unpaired) electrons. The van der Waals surface area contributed by atoms with Crippen molar-refractivity contribution in [3.8, 4) is 11.5 Å². The number of methoxy groups -OCH3 is 1. The minimum absolute atomic E-state index is 0.0246. The maximum atomic E-state index is 11.3. The van der Waals surface area contributed by atoms with E-state index in [0.717, 1.165) is 31.0 Å². The molecule has 0 aromatic heterocycles. The van der Waals surface area contributed by atoms with E-state index in [2.05, 4.69) is 24.1 Å². The van der Waals surface area contributed by atoms with Gasteiger partial charge in [0.25, 0.3) is 0 Å². The maximum Gasteiger partial charge on any atom is 0.303 e. The van der Waals surface area contributed by atoms with Crippen molar-refractivity contribution in [2.45, 2.75) is 43.9 Å². The van der Waals surface area contributed by atoms with Crippen LogP contribution in [-0.4, -0.2) is 43.8 Å². The second-order valence-corrected chi connectivity index (χ2v) is 7.01. The minimum Gasteiger partial charge on any atom is -0.493 e. The molecule has 128 valence electrons. The highest BCUT2D eigenvalue weighted by atomic mass is 16.5. The zero-order chi connectivity index (χ0) is 16.9. The van der Waals surface area contributed by atoms with Gasteiger partial charge in [0.1, 0.15) is 12.2 Å². The maximum absolute atomic E-state index is 11.3. The van der Waals surface area contributed by atoms with Crippen molar-refractivity contribution in [1.29, 1.82) is 0 Å². The quantitative estimate of drug-likeness (QED) is 0.616. The standard InChI is InChI=1S/C19H23NO4/c1-12(21)23-14-6-7-19-8-9-20(2)11-13-4-5-15(22-3)18(17(13)19)24-16(19)10-14/h4-7,14,16H,8-11H2,1-3H3/t14?,16-,19-/m0/s1. The predicted octanol–water partition coefficient (Wildman–Crippen LogP) is 2.42. The van der Waals surface area contributed by atoms with Crippen LogP contribution in [0.2, 0.25) is 0 Å². The molecule has 1 unspecified atom stereocenters. The molecule has 0 saturated carbocycles. The number of hydrogen-bond acceptors (Lipinski definition) is 5. The van der Waals surface area contributed by atoms with Crippen molar-refractivity contribution in [3.05, 3.63) is 35.4 Å². The molecule has 3 aliphatic rings. The lowest BCUT2D eigenvalue weighted by atomic mass is 9.69. The Morgan fingerprint density at radius 3 is 3.00 bits per heavy atom. The van der Waals surface area contributed by atoms with E-state index in [1.807, 2.05) is 12.1 Å². The summed E-state index contributed by atoms with van der Waals surface area (Å²) in [7, 11) is 3.83. The molecule has 5 nitrogen and oxygen atoms in total. The summed E-state index contributed by atoms with van der Waals surface area (Å²) >= 11 is 0. The van der Waals surface area contributed by atoms with Crippen molar-refractivity contribution in [2.24, 2.45) is 0 Å². The average molecular weight is 329 g/mol. The largest absolute Gasteiger partial charge is 0.493 e. The molecular weight excluding hydrogens is 306 g/mol. The number of nitrogens with zero attached hydrogens (tertiary/aromatic N) is 1. The number of rotatable bonds is 2. The second kappa shape index (κ2) is 5.52. The first-order valence-corrected chi connectivity index (χ1v) is 8.45. The molecule has 1 spiro atoms. The van der Waals surface area contributed by atoms with Gasteiger partial charge >= 0.3 is 5.97 Å². The molecule has 5 heteroatoms. The third-order valence-corrected chi connectivity index (χ3v) is 5.45. The molecule has 0 amide bonds. The van der Waals surface area contributed by atoms with Crippen LogP contribution in [0.15, 0.2) is 24.3 Å². The van der Waals surface area contributed by atoms with Gasteiger partial charge < -0.3 is 19.1 Å². The zero-order valence-corrected chi connectivity index (χ0v) is 14.4. The number of carbonyl (C=O) groups is 1. The van der Waals surface area contributed by atoms with Crippen molar-refractivity contribution >= 4 is 5.97 Å². The normalized spacial score (nSPS) is 30.8. The lowest BCUT2D eigenvalue weighted by Crippen LogP contribution is -2.43. The number of carbonyl (C=O) groups excluding carboxylic acids is 1. The molecule has 1 aromatic carbocycles. The van der Waals surface area contributed by atoms with E-state index >= 15 is 0 Å². The fourth-order valence-corrected chi connectivity index (χ4v) is 4.37. The van der Waals surface area contributed by atoms with E-state index in [1.165, 1.54) is 18.1 Å². The zero-order valence-electron chi connectivity index (χ0n) is 14.4. The van der Waals surface area contributed by atoms with Crippen LogP contribution in [0.4, 0.5) is 0 Å². The van der Waals surface area contributed by atoms with Gasteiger partial charge in [-0.1, -0.05) is 12.1 Å². The molecular formula is C19H23NO4. The van der Waals surface area contributed by atoms with Crippen LogP contribution in [0.1, 0.15) is 30.9 Å². The van der Waals surface area contributed by atoms with Crippen LogP contribution < -0.4 is 9.47 Å². The van der Waals surface area contributed by atoms with E-state index < -0.39 is 0 Å². The van der Waals surface area contributed by atoms with Crippen LogP contribution in [0.3, 0.4) is 0 Å². The summed E-state index contributed by atoms with van der Waals surface area (Å²) in [4.78, 5) is 13.7. The summed E-state index contributed by atoms with van der Waals surface area (Å²) in [5.41, 5.74) is 2.40. The van der Waals surface area contributed by atoms with E-state index in [9.17, 15) is 4.79 Å². The van der Waals surface area contributed by atoms with Gasteiger partial charge in [-0.3, -0.25) is 4.79 Å². The number of esters is 1. The van der Waals surface area contributed by atoms with E-state index in [4.69, 9.17) is 14.2 Å². The molecule has 0 bridgehead atoms. The molecule has 2 heterocycles. The van der Waals surface area contributed by atoms with Crippen LogP contribution >= 0.6 is 0 Å². The summed E-state index contributed by atoms with van der Waals surface area (Å²) < 4.78 is 17.3. The van der Waals surface area contributed by atoms with Gasteiger partial charge in [-0.2, -0.15) is 0 Å². The summed E-state index contributed by atoms with van der Waals surface area (Å²) in [5, 5.41) is 0.